The van der Waals surface area contributed by atoms with Crippen LogP contribution in [0.15, 0.2) is 53.9 Å². The Morgan fingerprint density at radius 1 is 1.00 bits per heavy atom. The van der Waals surface area contributed by atoms with Gasteiger partial charge in [0.05, 0.1) is 21.4 Å². The number of carbonyl (C=O) groups excluding carboxylic acids is 1. The molecule has 0 atom stereocenters. The maximum atomic E-state index is 12.0. The molecule has 0 radical (unpaired) electrons. The summed E-state index contributed by atoms with van der Waals surface area (Å²) >= 11 is 13.3. The van der Waals surface area contributed by atoms with Gasteiger partial charge < -0.3 is 5.32 Å². The molecule has 0 aliphatic heterocycles. The second-order valence-corrected chi connectivity index (χ2v) is 6.23. The van der Waals surface area contributed by atoms with Gasteiger partial charge in [0.25, 0.3) is 0 Å². The van der Waals surface area contributed by atoms with Crippen LogP contribution in [0.3, 0.4) is 0 Å². The number of nitrogens with one attached hydrogen (secondary N) is 2. The molecule has 3 aromatic rings. The van der Waals surface area contributed by atoms with Crippen LogP contribution in [0.4, 0.5) is 15.6 Å². The topological polar surface area (TPSA) is 54.0 Å². The molecule has 1 aromatic heterocycles. The summed E-state index contributed by atoms with van der Waals surface area (Å²) in [7, 11) is 0. The maximum Gasteiger partial charge on any atom is 0.325 e. The lowest BCUT2D eigenvalue weighted by molar-refractivity contribution is 0.262. The van der Waals surface area contributed by atoms with E-state index in [4.69, 9.17) is 23.2 Å². The van der Waals surface area contributed by atoms with Crippen LogP contribution in [0.1, 0.15) is 0 Å². The maximum absolute atomic E-state index is 12.0. The average molecular weight is 364 g/mol. The van der Waals surface area contributed by atoms with Crippen molar-refractivity contribution in [3.8, 4) is 11.3 Å². The summed E-state index contributed by atoms with van der Waals surface area (Å²) in [5, 5.41) is 8.40. The molecule has 0 fully saturated rings. The van der Waals surface area contributed by atoms with Crippen LogP contribution in [0.25, 0.3) is 11.3 Å². The number of amides is 2. The van der Waals surface area contributed by atoms with Gasteiger partial charge in [-0.2, -0.15) is 0 Å². The van der Waals surface area contributed by atoms with Crippen LogP contribution in [0, 0.1) is 0 Å². The van der Waals surface area contributed by atoms with E-state index in [0.29, 0.717) is 20.9 Å². The molecule has 116 valence electrons. The highest BCUT2D eigenvalue weighted by Gasteiger charge is 2.10. The molecule has 0 bridgehead atoms. The largest absolute Gasteiger partial charge is 0.325 e. The highest BCUT2D eigenvalue weighted by atomic mass is 35.5. The molecule has 1 heterocycles. The zero-order chi connectivity index (χ0) is 16.2. The number of carbonyl (C=O) groups is 1. The smallest absolute Gasteiger partial charge is 0.306 e. The van der Waals surface area contributed by atoms with Crippen LogP contribution in [0.2, 0.25) is 10.0 Å². The van der Waals surface area contributed by atoms with E-state index >= 15 is 0 Å². The number of aromatic nitrogens is 1. The van der Waals surface area contributed by atoms with Gasteiger partial charge in [-0.1, -0.05) is 59.6 Å². The van der Waals surface area contributed by atoms with Crippen molar-refractivity contribution in [2.75, 3.05) is 10.6 Å². The lowest BCUT2D eigenvalue weighted by Crippen LogP contribution is -2.19. The lowest BCUT2D eigenvalue weighted by atomic mass is 10.2. The molecule has 2 N–H and O–H groups in total. The van der Waals surface area contributed by atoms with Gasteiger partial charge in [-0.25, -0.2) is 9.78 Å². The third-order valence-corrected chi connectivity index (χ3v) is 4.57. The molecule has 0 saturated carbocycles. The van der Waals surface area contributed by atoms with Crippen molar-refractivity contribution in [1.82, 2.24) is 4.98 Å². The summed E-state index contributed by atoms with van der Waals surface area (Å²) in [4.78, 5) is 16.4. The van der Waals surface area contributed by atoms with Crippen molar-refractivity contribution in [3.63, 3.8) is 0 Å². The SMILES string of the molecule is O=C(Nc1nc(-c2ccccc2)cs1)Nc1cccc(Cl)c1Cl. The zero-order valence-electron chi connectivity index (χ0n) is 11.7. The average Bonchev–Trinajstić information content (AvgIpc) is 3.01. The standard InChI is InChI=1S/C16H11Cl2N3OS/c17-11-7-4-8-12(14(11)18)19-15(22)21-16-20-13(9-23-16)10-5-2-1-3-6-10/h1-9H,(H2,19,20,21,22). The predicted molar refractivity (Wildman–Crippen MR) is 96.7 cm³/mol. The molecular formula is C16H11Cl2N3OS. The fourth-order valence-corrected chi connectivity index (χ4v) is 2.99. The Hall–Kier alpha value is -2.08. The molecule has 3 rings (SSSR count). The van der Waals surface area contributed by atoms with Crippen molar-refractivity contribution in [3.05, 3.63) is 64.0 Å². The number of anilines is 2. The summed E-state index contributed by atoms with van der Waals surface area (Å²) in [6, 6.07) is 14.4. The van der Waals surface area contributed by atoms with Gasteiger partial charge in [0.15, 0.2) is 5.13 Å². The Bertz CT molecular complexity index is 836. The number of urea groups is 1. The lowest BCUT2D eigenvalue weighted by Gasteiger charge is -2.08. The van der Waals surface area contributed by atoms with Crippen LogP contribution in [0.5, 0.6) is 0 Å². The second-order valence-electron chi connectivity index (χ2n) is 4.58. The van der Waals surface area contributed by atoms with Crippen molar-refractivity contribution >= 4 is 51.4 Å². The Kier molecular flexibility index (Phi) is 4.81. The van der Waals surface area contributed by atoms with Gasteiger partial charge in [-0.05, 0) is 12.1 Å². The summed E-state index contributed by atoms with van der Waals surface area (Å²) < 4.78 is 0. The monoisotopic (exact) mass is 363 g/mol. The van der Waals surface area contributed by atoms with Crippen LogP contribution in [-0.2, 0) is 0 Å². The quantitative estimate of drug-likeness (QED) is 0.621. The summed E-state index contributed by atoms with van der Waals surface area (Å²) in [6.07, 6.45) is 0. The molecular weight excluding hydrogens is 353 g/mol. The first kappa shape index (κ1) is 15.8. The number of halogens is 2. The van der Waals surface area contributed by atoms with Gasteiger partial charge in [-0.3, -0.25) is 5.32 Å². The first-order valence-electron chi connectivity index (χ1n) is 6.66. The first-order valence-corrected chi connectivity index (χ1v) is 8.30. The number of rotatable bonds is 3. The molecule has 0 aliphatic rings. The fraction of sp³-hybridized carbons (Fsp3) is 0. The van der Waals surface area contributed by atoms with Gasteiger partial charge in [0.1, 0.15) is 0 Å². The van der Waals surface area contributed by atoms with Gasteiger partial charge >= 0.3 is 6.03 Å². The van der Waals surface area contributed by atoms with Crippen molar-refractivity contribution < 1.29 is 4.79 Å². The normalized spacial score (nSPS) is 10.3. The Balaban J connectivity index is 1.69. The molecule has 4 nitrogen and oxygen atoms in total. The number of thiazole rings is 1. The van der Waals surface area contributed by atoms with Gasteiger partial charge in [0.2, 0.25) is 0 Å². The second kappa shape index (κ2) is 7.00. The summed E-state index contributed by atoms with van der Waals surface area (Å²) in [5.41, 5.74) is 2.25. The van der Waals surface area contributed by atoms with Crippen molar-refractivity contribution in [2.24, 2.45) is 0 Å². The minimum atomic E-state index is -0.428. The highest BCUT2D eigenvalue weighted by Crippen LogP contribution is 2.30. The van der Waals surface area contributed by atoms with E-state index < -0.39 is 6.03 Å². The van der Waals surface area contributed by atoms with Crippen molar-refractivity contribution in [1.29, 1.82) is 0 Å². The van der Waals surface area contributed by atoms with E-state index in [2.05, 4.69) is 15.6 Å². The van der Waals surface area contributed by atoms with E-state index in [1.54, 1.807) is 18.2 Å². The molecule has 0 saturated heterocycles. The molecule has 23 heavy (non-hydrogen) atoms. The fourth-order valence-electron chi connectivity index (χ4n) is 1.92. The van der Waals surface area contributed by atoms with E-state index in [9.17, 15) is 4.79 Å². The molecule has 0 unspecified atom stereocenters. The third kappa shape index (κ3) is 3.82. The van der Waals surface area contributed by atoms with Gasteiger partial charge in [-0.15, -0.1) is 11.3 Å². The van der Waals surface area contributed by atoms with Crippen LogP contribution in [-0.4, -0.2) is 11.0 Å². The van der Waals surface area contributed by atoms with E-state index in [1.165, 1.54) is 11.3 Å². The summed E-state index contributed by atoms with van der Waals surface area (Å²) in [6.45, 7) is 0. The zero-order valence-corrected chi connectivity index (χ0v) is 14.0. The number of hydrogen-bond donors (Lipinski definition) is 2. The Morgan fingerprint density at radius 2 is 1.78 bits per heavy atom. The third-order valence-electron chi connectivity index (χ3n) is 2.99. The van der Waals surface area contributed by atoms with Gasteiger partial charge in [0, 0.05) is 10.9 Å². The Labute approximate surface area is 147 Å². The summed E-state index contributed by atoms with van der Waals surface area (Å²) in [5.74, 6) is 0. The van der Waals surface area contributed by atoms with E-state index in [1.807, 2.05) is 35.7 Å². The van der Waals surface area contributed by atoms with Crippen LogP contribution < -0.4 is 10.6 Å². The van der Waals surface area contributed by atoms with Crippen molar-refractivity contribution in [2.45, 2.75) is 0 Å². The molecule has 7 heteroatoms. The predicted octanol–water partition coefficient (Wildman–Crippen LogP) is 5.76. The molecule has 2 amide bonds. The van der Waals surface area contributed by atoms with Crippen LogP contribution >= 0.6 is 34.5 Å². The molecule has 0 spiro atoms. The first-order chi connectivity index (χ1) is 11.1. The highest BCUT2D eigenvalue weighted by molar-refractivity contribution is 7.14. The minimum Gasteiger partial charge on any atom is -0.306 e. The molecule has 2 aromatic carbocycles. The minimum absolute atomic E-state index is 0.299. The van der Waals surface area contributed by atoms with E-state index in [-0.39, 0.29) is 0 Å². The Morgan fingerprint density at radius 3 is 2.57 bits per heavy atom. The number of hydrogen-bond acceptors (Lipinski definition) is 3. The van der Waals surface area contributed by atoms with E-state index in [0.717, 1.165) is 11.3 Å². The molecule has 0 aliphatic carbocycles. The number of nitrogens with zero attached hydrogens (tertiary/aromatic N) is 1. The number of benzene rings is 2.